The summed E-state index contributed by atoms with van der Waals surface area (Å²) in [5, 5.41) is 11.0. The number of allylic oxidation sites excluding steroid dienone is 1. The van der Waals surface area contributed by atoms with E-state index in [0.717, 1.165) is 50.8 Å². The molecule has 3 heterocycles. The topological polar surface area (TPSA) is 111 Å². The van der Waals surface area contributed by atoms with Crippen LogP contribution in [0.15, 0.2) is 58.7 Å². The molecule has 8 heteroatoms. The van der Waals surface area contributed by atoms with E-state index in [1.54, 1.807) is 31.1 Å². The van der Waals surface area contributed by atoms with Gasteiger partial charge in [0.2, 0.25) is 0 Å². The fourth-order valence-corrected chi connectivity index (χ4v) is 4.78. The maximum absolute atomic E-state index is 13.1. The molecule has 3 aromatic heterocycles. The first-order valence-electron chi connectivity index (χ1n) is 11.0. The minimum atomic E-state index is -0.365. The van der Waals surface area contributed by atoms with E-state index in [4.69, 9.17) is 5.73 Å². The van der Waals surface area contributed by atoms with Crippen molar-refractivity contribution >= 4 is 33.7 Å². The number of hydrogen-bond acceptors (Lipinski definition) is 6. The number of aryl methyl sites for hydroxylation is 1. The molecular formula is C25H26N6O2. The Labute approximate surface area is 190 Å². The molecule has 8 nitrogen and oxygen atoms in total. The summed E-state index contributed by atoms with van der Waals surface area (Å²) in [5.41, 5.74) is 11.5. The second-order valence-corrected chi connectivity index (χ2v) is 8.50. The van der Waals surface area contributed by atoms with Gasteiger partial charge in [-0.25, -0.2) is 4.79 Å². The number of aliphatic hydroxyl groups is 1. The molecular weight excluding hydrogens is 416 g/mol. The highest BCUT2D eigenvalue weighted by molar-refractivity contribution is 6.09. The number of nitrogens with two attached hydrogens (primary N) is 1. The van der Waals surface area contributed by atoms with Gasteiger partial charge in [-0.05, 0) is 43.0 Å². The van der Waals surface area contributed by atoms with Gasteiger partial charge in [0.15, 0.2) is 0 Å². The van der Waals surface area contributed by atoms with Gasteiger partial charge in [-0.1, -0.05) is 12.1 Å². The van der Waals surface area contributed by atoms with Gasteiger partial charge in [-0.3, -0.25) is 24.1 Å². The molecule has 33 heavy (non-hydrogen) atoms. The third-order valence-electron chi connectivity index (χ3n) is 6.50. The minimum absolute atomic E-state index is 0.0203. The smallest absolute Gasteiger partial charge is 0.329 e. The minimum Gasteiger partial charge on any atom is -0.404 e. The molecule has 4 aromatic rings. The van der Waals surface area contributed by atoms with Gasteiger partial charge in [0.05, 0.1) is 34.5 Å². The number of hydrogen-bond donors (Lipinski definition) is 2. The van der Waals surface area contributed by atoms with E-state index in [2.05, 4.69) is 21.0 Å². The fourth-order valence-electron chi connectivity index (χ4n) is 4.78. The number of rotatable bonds is 4. The first-order valence-corrected chi connectivity index (χ1v) is 11.0. The van der Waals surface area contributed by atoms with Gasteiger partial charge in [0.1, 0.15) is 0 Å². The normalized spacial score (nSPS) is 19.3. The Morgan fingerprint density at radius 3 is 2.67 bits per heavy atom. The molecule has 0 spiro atoms. The Bertz CT molecular complexity index is 1460. The zero-order valence-electron chi connectivity index (χ0n) is 18.6. The predicted molar refractivity (Wildman–Crippen MR) is 131 cm³/mol. The monoisotopic (exact) mass is 442 g/mol. The van der Waals surface area contributed by atoms with Gasteiger partial charge in [0.25, 0.3) is 0 Å². The predicted octanol–water partition coefficient (Wildman–Crippen LogP) is 3.04. The molecule has 3 N–H and O–H groups in total. The highest BCUT2D eigenvalue weighted by Crippen LogP contribution is 2.35. The molecule has 1 aliphatic rings. The Balaban J connectivity index is 1.66. The van der Waals surface area contributed by atoms with E-state index in [9.17, 15) is 9.90 Å². The zero-order chi connectivity index (χ0) is 23.1. The standard InChI is InChI=1S/C25H26N6O2/c1-27-12-17(11-26)21-7-4-16(13-28-21)15-3-8-22-20(9-15)24-23(14-29-22)30(2)25(33)31(24)18-5-6-19(32)10-18/h3-4,7-9,11-14,18-19,32H,5-6,10,26H2,1-2H3. The largest absolute Gasteiger partial charge is 0.404 e. The van der Waals surface area contributed by atoms with Crippen LogP contribution in [-0.4, -0.2) is 43.6 Å². The molecule has 2 atom stereocenters. The van der Waals surface area contributed by atoms with Crippen LogP contribution >= 0.6 is 0 Å². The van der Waals surface area contributed by atoms with Crippen LogP contribution in [0.25, 0.3) is 38.6 Å². The van der Waals surface area contributed by atoms with Crippen LogP contribution in [0.4, 0.5) is 0 Å². The number of aromatic nitrogens is 4. The number of imidazole rings is 1. The van der Waals surface area contributed by atoms with E-state index < -0.39 is 0 Å². The molecule has 0 bridgehead atoms. The van der Waals surface area contributed by atoms with Gasteiger partial charge in [0, 0.05) is 55.3 Å². The number of aliphatic hydroxyl groups excluding tert-OH is 1. The molecule has 1 fully saturated rings. The summed E-state index contributed by atoms with van der Waals surface area (Å²) in [6, 6.07) is 9.93. The summed E-state index contributed by atoms with van der Waals surface area (Å²) >= 11 is 0. The summed E-state index contributed by atoms with van der Waals surface area (Å²) in [5.74, 6) is 0. The molecule has 0 saturated heterocycles. The van der Waals surface area contributed by atoms with Crippen LogP contribution in [-0.2, 0) is 7.05 Å². The van der Waals surface area contributed by atoms with Gasteiger partial charge in [-0.15, -0.1) is 0 Å². The van der Waals surface area contributed by atoms with Crippen LogP contribution in [0.5, 0.6) is 0 Å². The van der Waals surface area contributed by atoms with Crippen LogP contribution in [0.3, 0.4) is 0 Å². The first-order chi connectivity index (χ1) is 16.0. The SMILES string of the molecule is CN=CC(=CN)c1ccc(-c2ccc3ncc4c(c3c2)n(C2CCC(O)C2)c(=O)n4C)cn1. The quantitative estimate of drug-likeness (QED) is 0.472. The second-order valence-electron chi connectivity index (χ2n) is 8.50. The summed E-state index contributed by atoms with van der Waals surface area (Å²) in [7, 11) is 3.46. The highest BCUT2D eigenvalue weighted by atomic mass is 16.3. The number of aliphatic imine (C=N–C) groups is 1. The maximum Gasteiger partial charge on any atom is 0.329 e. The van der Waals surface area contributed by atoms with Crippen LogP contribution in [0, 0.1) is 0 Å². The molecule has 2 unspecified atom stereocenters. The third-order valence-corrected chi connectivity index (χ3v) is 6.50. The average molecular weight is 443 g/mol. The number of fused-ring (bicyclic) bond motifs is 3. The van der Waals surface area contributed by atoms with Crippen molar-refractivity contribution in [1.82, 2.24) is 19.1 Å². The van der Waals surface area contributed by atoms with Crippen LogP contribution in [0.2, 0.25) is 0 Å². The molecule has 0 aliphatic heterocycles. The van der Waals surface area contributed by atoms with E-state index in [-0.39, 0.29) is 17.8 Å². The van der Waals surface area contributed by atoms with E-state index in [1.807, 2.05) is 35.0 Å². The van der Waals surface area contributed by atoms with Gasteiger partial charge < -0.3 is 10.8 Å². The van der Waals surface area contributed by atoms with E-state index in [0.29, 0.717) is 12.8 Å². The summed E-state index contributed by atoms with van der Waals surface area (Å²) in [6.07, 6.45) is 8.45. The lowest BCUT2D eigenvalue weighted by atomic mass is 10.0. The number of nitrogens with zero attached hydrogens (tertiary/aromatic N) is 5. The van der Waals surface area contributed by atoms with Crippen molar-refractivity contribution in [1.29, 1.82) is 0 Å². The van der Waals surface area contributed by atoms with Crippen molar-refractivity contribution < 1.29 is 5.11 Å². The van der Waals surface area contributed by atoms with Crippen molar-refractivity contribution in [3.05, 3.63) is 65.1 Å². The average Bonchev–Trinajstić information content (AvgIpc) is 3.38. The van der Waals surface area contributed by atoms with Gasteiger partial charge >= 0.3 is 5.69 Å². The third kappa shape index (κ3) is 3.52. The lowest BCUT2D eigenvalue weighted by Gasteiger charge is -2.13. The first kappa shape index (κ1) is 21.1. The Hall–Kier alpha value is -3.78. The van der Waals surface area contributed by atoms with Crippen molar-refractivity contribution in [2.24, 2.45) is 17.8 Å². The zero-order valence-corrected chi connectivity index (χ0v) is 18.6. The number of benzene rings is 1. The van der Waals surface area contributed by atoms with Crippen molar-refractivity contribution in [2.75, 3.05) is 7.05 Å². The molecule has 1 aromatic carbocycles. The number of pyridine rings is 2. The second kappa shape index (κ2) is 8.29. The fraction of sp³-hybridized carbons (Fsp3) is 0.280. The van der Waals surface area contributed by atoms with Crippen LogP contribution < -0.4 is 11.4 Å². The Kier molecular flexibility index (Phi) is 5.30. The summed E-state index contributed by atoms with van der Waals surface area (Å²) in [6.45, 7) is 0. The van der Waals surface area contributed by atoms with Crippen LogP contribution in [0.1, 0.15) is 31.0 Å². The van der Waals surface area contributed by atoms with Crippen molar-refractivity contribution in [2.45, 2.75) is 31.4 Å². The van der Waals surface area contributed by atoms with Crippen molar-refractivity contribution in [3.8, 4) is 11.1 Å². The molecule has 1 aliphatic carbocycles. The highest BCUT2D eigenvalue weighted by Gasteiger charge is 2.28. The molecule has 5 rings (SSSR count). The lowest BCUT2D eigenvalue weighted by Crippen LogP contribution is -2.25. The maximum atomic E-state index is 13.1. The lowest BCUT2D eigenvalue weighted by molar-refractivity contribution is 0.178. The van der Waals surface area contributed by atoms with E-state index >= 15 is 0 Å². The molecule has 0 amide bonds. The Morgan fingerprint density at radius 1 is 1.18 bits per heavy atom. The molecule has 0 radical (unpaired) electrons. The van der Waals surface area contributed by atoms with Gasteiger partial charge in [-0.2, -0.15) is 0 Å². The molecule has 1 saturated carbocycles. The summed E-state index contributed by atoms with van der Waals surface area (Å²) < 4.78 is 3.49. The summed E-state index contributed by atoms with van der Waals surface area (Å²) in [4.78, 5) is 26.3. The molecule has 168 valence electrons. The van der Waals surface area contributed by atoms with E-state index in [1.165, 1.54) is 6.20 Å². The Morgan fingerprint density at radius 2 is 2.00 bits per heavy atom. The van der Waals surface area contributed by atoms with Crippen molar-refractivity contribution in [3.63, 3.8) is 0 Å².